The number of fused-ring (bicyclic) bond motifs is 1. The molecule has 1 aliphatic heterocycles. The van der Waals surface area contributed by atoms with Gasteiger partial charge in [0.2, 0.25) is 5.91 Å². The van der Waals surface area contributed by atoms with Gasteiger partial charge in [-0.1, -0.05) is 49.7 Å². The lowest BCUT2D eigenvalue weighted by atomic mass is 9.87. The van der Waals surface area contributed by atoms with Gasteiger partial charge in [0.05, 0.1) is 6.04 Å². The summed E-state index contributed by atoms with van der Waals surface area (Å²) >= 11 is 0. The van der Waals surface area contributed by atoms with Crippen LogP contribution in [-0.4, -0.2) is 29.4 Å². The minimum Gasteiger partial charge on any atom is -0.481 e. The summed E-state index contributed by atoms with van der Waals surface area (Å²) in [6.45, 7) is 8.28. The molecule has 36 heavy (non-hydrogen) atoms. The van der Waals surface area contributed by atoms with Crippen LogP contribution in [0.3, 0.4) is 0 Å². The van der Waals surface area contributed by atoms with E-state index in [0.717, 1.165) is 22.3 Å². The van der Waals surface area contributed by atoms with Crippen molar-refractivity contribution in [1.82, 2.24) is 4.90 Å². The summed E-state index contributed by atoms with van der Waals surface area (Å²) in [5, 5.41) is 2.87. The largest absolute Gasteiger partial charge is 0.481 e. The third-order valence-electron chi connectivity index (χ3n) is 6.41. The van der Waals surface area contributed by atoms with Crippen LogP contribution in [0.25, 0.3) is 0 Å². The van der Waals surface area contributed by atoms with E-state index in [0.29, 0.717) is 30.8 Å². The van der Waals surface area contributed by atoms with E-state index >= 15 is 0 Å². The van der Waals surface area contributed by atoms with Gasteiger partial charge >= 0.3 is 0 Å². The van der Waals surface area contributed by atoms with Crippen LogP contribution in [0.2, 0.25) is 0 Å². The number of carbonyl (C=O) groups is 2. The Bertz CT molecular complexity index is 1240. The molecule has 4 rings (SSSR count). The number of hydrogen-bond donors (Lipinski definition) is 1. The van der Waals surface area contributed by atoms with Crippen molar-refractivity contribution in [2.45, 2.75) is 52.7 Å². The zero-order valence-corrected chi connectivity index (χ0v) is 21.3. The van der Waals surface area contributed by atoms with E-state index in [-0.39, 0.29) is 23.5 Å². The lowest BCUT2D eigenvalue weighted by Gasteiger charge is -2.38. The lowest BCUT2D eigenvalue weighted by Crippen LogP contribution is -2.41. The molecule has 1 aliphatic rings. The number of rotatable bonds is 7. The molecule has 0 fully saturated rings. The highest BCUT2D eigenvalue weighted by Gasteiger charge is 2.33. The predicted octanol–water partition coefficient (Wildman–Crippen LogP) is 6.06. The molecule has 188 valence electrons. The Balaban J connectivity index is 1.60. The number of ether oxygens (including phenoxy) is 1. The van der Waals surface area contributed by atoms with Crippen LogP contribution in [0.15, 0.2) is 66.7 Å². The third kappa shape index (κ3) is 5.93. The summed E-state index contributed by atoms with van der Waals surface area (Å²) in [5.41, 5.74) is 4.52. The zero-order valence-electron chi connectivity index (χ0n) is 21.3. The Morgan fingerprint density at radius 3 is 2.50 bits per heavy atom. The Hall–Kier alpha value is -3.67. The van der Waals surface area contributed by atoms with Crippen LogP contribution >= 0.6 is 0 Å². The average molecular weight is 489 g/mol. The van der Waals surface area contributed by atoms with Crippen molar-refractivity contribution < 1.29 is 18.7 Å². The van der Waals surface area contributed by atoms with Crippen LogP contribution in [-0.2, 0) is 16.0 Å². The number of nitrogens with one attached hydrogen (secondary N) is 1. The maximum absolute atomic E-state index is 14.2. The molecule has 6 heteroatoms. The third-order valence-corrected chi connectivity index (χ3v) is 6.41. The van der Waals surface area contributed by atoms with Crippen LogP contribution in [0.5, 0.6) is 5.75 Å². The first kappa shape index (κ1) is 25.4. The van der Waals surface area contributed by atoms with Gasteiger partial charge in [0, 0.05) is 18.7 Å². The van der Waals surface area contributed by atoms with Gasteiger partial charge in [-0.3, -0.25) is 9.59 Å². The fourth-order valence-corrected chi connectivity index (χ4v) is 4.58. The molecule has 2 unspecified atom stereocenters. The van der Waals surface area contributed by atoms with Gasteiger partial charge < -0.3 is 15.0 Å². The van der Waals surface area contributed by atoms with Gasteiger partial charge in [0.25, 0.3) is 5.91 Å². The summed E-state index contributed by atoms with van der Waals surface area (Å²) in [5.74, 6) is 0.188. The van der Waals surface area contributed by atoms with Crippen molar-refractivity contribution in [2.24, 2.45) is 5.92 Å². The van der Waals surface area contributed by atoms with Crippen LogP contribution in [0.4, 0.5) is 10.1 Å². The second-order valence-electron chi connectivity index (χ2n) is 9.87. The molecule has 1 N–H and O–H groups in total. The van der Waals surface area contributed by atoms with Gasteiger partial charge in [-0.25, -0.2) is 4.39 Å². The highest BCUT2D eigenvalue weighted by molar-refractivity contribution is 5.94. The Morgan fingerprint density at radius 2 is 1.81 bits per heavy atom. The minimum atomic E-state index is -0.737. The lowest BCUT2D eigenvalue weighted by molar-refractivity contribution is -0.134. The number of carbonyl (C=O) groups excluding carboxylic acids is 2. The van der Waals surface area contributed by atoms with Crippen molar-refractivity contribution >= 4 is 17.5 Å². The predicted molar refractivity (Wildman–Crippen MR) is 139 cm³/mol. The summed E-state index contributed by atoms with van der Waals surface area (Å²) in [6.07, 6.45) is 0.390. The van der Waals surface area contributed by atoms with Crippen LogP contribution in [0, 0.1) is 18.7 Å². The molecule has 1 heterocycles. The molecular formula is C30H33FN2O3. The molecule has 2 atom stereocenters. The molecule has 5 nitrogen and oxygen atoms in total. The van der Waals surface area contributed by atoms with Crippen LogP contribution in [0.1, 0.15) is 55.5 Å². The average Bonchev–Trinajstić information content (AvgIpc) is 2.84. The van der Waals surface area contributed by atoms with Gasteiger partial charge in [0.15, 0.2) is 6.10 Å². The van der Waals surface area contributed by atoms with Gasteiger partial charge in [-0.05, 0) is 79.3 Å². The number of anilines is 1. The first-order valence-corrected chi connectivity index (χ1v) is 12.4. The highest BCUT2D eigenvalue weighted by atomic mass is 19.1. The first-order chi connectivity index (χ1) is 17.2. The smallest absolute Gasteiger partial charge is 0.265 e. The van der Waals surface area contributed by atoms with Gasteiger partial charge in [-0.2, -0.15) is 0 Å². The Labute approximate surface area is 212 Å². The molecule has 0 aromatic heterocycles. The monoisotopic (exact) mass is 488 g/mol. The van der Waals surface area contributed by atoms with Crippen molar-refractivity contribution in [3.05, 3.63) is 94.8 Å². The van der Waals surface area contributed by atoms with E-state index in [1.807, 2.05) is 74.2 Å². The molecule has 0 aliphatic carbocycles. The number of hydrogen-bond acceptors (Lipinski definition) is 3. The molecule has 0 radical (unpaired) electrons. The first-order valence-electron chi connectivity index (χ1n) is 12.4. The topological polar surface area (TPSA) is 58.6 Å². The minimum absolute atomic E-state index is 0.0436. The standard InChI is InChI=1S/C30H33FN2O3/c1-19(2)16-28(34)33-15-14-22-10-13-26(18-27(22)29(33)23-6-5-7-24(31)17-23)36-21(4)30(35)32-25-11-8-20(3)9-12-25/h5-13,17-19,21,29H,14-16H2,1-4H3,(H,32,35). The molecule has 3 aromatic carbocycles. The zero-order chi connectivity index (χ0) is 25.8. The van der Waals surface area contributed by atoms with Crippen molar-refractivity contribution in [3.63, 3.8) is 0 Å². The molecule has 3 aromatic rings. The molecule has 0 bridgehead atoms. The summed E-state index contributed by atoms with van der Waals surface area (Å²) in [4.78, 5) is 27.8. The number of benzene rings is 3. The quantitative estimate of drug-likeness (QED) is 0.440. The van der Waals surface area contributed by atoms with Crippen LogP contribution < -0.4 is 10.1 Å². The van der Waals surface area contributed by atoms with Crippen molar-refractivity contribution in [3.8, 4) is 5.75 Å². The molecular weight excluding hydrogens is 455 g/mol. The summed E-state index contributed by atoms with van der Waals surface area (Å²) < 4.78 is 20.2. The molecule has 0 spiro atoms. The van der Waals surface area contributed by atoms with Gasteiger partial charge in [0.1, 0.15) is 11.6 Å². The van der Waals surface area contributed by atoms with E-state index in [2.05, 4.69) is 5.32 Å². The molecule has 2 amide bonds. The van der Waals surface area contributed by atoms with E-state index in [4.69, 9.17) is 4.74 Å². The number of nitrogens with zero attached hydrogens (tertiary/aromatic N) is 1. The fourth-order valence-electron chi connectivity index (χ4n) is 4.58. The number of aryl methyl sites for hydroxylation is 1. The molecule has 0 saturated carbocycles. The summed E-state index contributed by atoms with van der Waals surface area (Å²) in [6, 6.07) is 19.3. The maximum atomic E-state index is 14.2. The second kappa shape index (κ2) is 10.9. The second-order valence-corrected chi connectivity index (χ2v) is 9.87. The van der Waals surface area contributed by atoms with E-state index in [1.54, 1.807) is 13.0 Å². The Morgan fingerprint density at radius 1 is 1.06 bits per heavy atom. The number of halogens is 1. The molecule has 0 saturated heterocycles. The van der Waals surface area contributed by atoms with Gasteiger partial charge in [-0.15, -0.1) is 0 Å². The maximum Gasteiger partial charge on any atom is 0.265 e. The summed E-state index contributed by atoms with van der Waals surface area (Å²) in [7, 11) is 0. The van der Waals surface area contributed by atoms with Crippen molar-refractivity contribution in [1.29, 1.82) is 0 Å². The van der Waals surface area contributed by atoms with E-state index in [9.17, 15) is 14.0 Å². The number of amides is 2. The normalized spacial score (nSPS) is 15.8. The van der Waals surface area contributed by atoms with E-state index in [1.165, 1.54) is 12.1 Å². The SMILES string of the molecule is Cc1ccc(NC(=O)C(C)Oc2ccc3c(c2)C(c2cccc(F)c2)N(C(=O)CC(C)C)CC3)cc1. The Kier molecular flexibility index (Phi) is 7.73. The van der Waals surface area contributed by atoms with Crippen molar-refractivity contribution in [2.75, 3.05) is 11.9 Å². The van der Waals surface area contributed by atoms with E-state index < -0.39 is 12.1 Å². The highest BCUT2D eigenvalue weighted by Crippen LogP contribution is 2.38. The fraction of sp³-hybridized carbons (Fsp3) is 0.333.